The van der Waals surface area contributed by atoms with Gasteiger partial charge < -0.3 is 18.9 Å². The summed E-state index contributed by atoms with van der Waals surface area (Å²) < 4.78 is 28.5. The van der Waals surface area contributed by atoms with Crippen LogP contribution in [0, 0.1) is 0 Å². The lowest BCUT2D eigenvalue weighted by molar-refractivity contribution is 0.293. The van der Waals surface area contributed by atoms with Gasteiger partial charge in [0.25, 0.3) is 0 Å². The van der Waals surface area contributed by atoms with Gasteiger partial charge in [0, 0.05) is 60.4 Å². The van der Waals surface area contributed by atoms with Crippen LogP contribution in [0.5, 0.6) is 23.0 Å². The van der Waals surface area contributed by atoms with Gasteiger partial charge in [-0.05, 0) is 79.9 Å². The highest BCUT2D eigenvalue weighted by Crippen LogP contribution is 2.42. The molecule has 0 unspecified atom stereocenters. The summed E-state index contributed by atoms with van der Waals surface area (Å²) in [5.41, 5.74) is 16.1. The Morgan fingerprint density at radius 2 is 0.500 bits per heavy atom. The Kier molecular flexibility index (Phi) is 15.6. The van der Waals surface area contributed by atoms with Crippen molar-refractivity contribution >= 4 is 23.8 Å². The van der Waals surface area contributed by atoms with E-state index in [-0.39, 0.29) is 0 Å². The summed E-state index contributed by atoms with van der Waals surface area (Å²) in [5.74, 6) is 3.28. The van der Waals surface area contributed by atoms with Crippen LogP contribution in [0.2, 0.25) is 0 Å². The Bertz CT molecular complexity index is 3240. The van der Waals surface area contributed by atoms with Gasteiger partial charge in [-0.15, -0.1) is 0 Å². The number of benzene rings is 10. The molecule has 0 aromatic heterocycles. The first kappa shape index (κ1) is 49.0. The van der Waals surface area contributed by atoms with Gasteiger partial charge in [0.05, 0.1) is 11.4 Å². The molecule has 0 saturated heterocycles. The monoisotopic (exact) mass is 990 g/mol. The molecule has 0 heterocycles. The van der Waals surface area contributed by atoms with E-state index in [1.807, 2.05) is 73.1 Å². The van der Waals surface area contributed by atoms with E-state index in [0.717, 1.165) is 112 Å². The molecule has 1 aliphatic rings. The standard InChI is InChI=1S/C70H58N2O4/c1-7-21-51(22-8-1)45-71-65-41-61-37-57-33-19-35-59(67(57)73-47-53-25-11-3-12-26-53)39-63-43-66(72-46-52-23-9-2-10-24-52)44-64(70(63)76-50-56-31-17-6-18-32-56)40-60-36-20-34-58(68(60)74-48-54-27-13-4-14-28-54)38-62(42-65)69(61)75-49-55-29-15-5-16-30-55/h1-36,41-46H,37-40,47-50H2. The summed E-state index contributed by atoms with van der Waals surface area (Å²) >= 11 is 0. The van der Waals surface area contributed by atoms with Crippen LogP contribution in [-0.4, -0.2) is 12.4 Å². The average Bonchev–Trinajstić information content (AvgIpc) is 3.47. The predicted molar refractivity (Wildman–Crippen MR) is 307 cm³/mol. The van der Waals surface area contributed by atoms with Crippen molar-refractivity contribution < 1.29 is 18.9 Å². The fourth-order valence-corrected chi connectivity index (χ4v) is 9.84. The van der Waals surface area contributed by atoms with Gasteiger partial charge in [0.15, 0.2) is 0 Å². The Hall–Kier alpha value is -9.26. The van der Waals surface area contributed by atoms with Gasteiger partial charge in [-0.3, -0.25) is 9.98 Å². The predicted octanol–water partition coefficient (Wildman–Crippen LogP) is 16.2. The Morgan fingerprint density at radius 3 is 0.763 bits per heavy atom. The maximum Gasteiger partial charge on any atom is 0.127 e. The summed E-state index contributed by atoms with van der Waals surface area (Å²) in [6.45, 7) is 1.55. The third-order valence-electron chi connectivity index (χ3n) is 13.6. The van der Waals surface area contributed by atoms with Crippen LogP contribution in [-0.2, 0) is 52.1 Å². The van der Waals surface area contributed by atoms with E-state index in [1.165, 1.54) is 0 Å². The second-order valence-electron chi connectivity index (χ2n) is 19.1. The third-order valence-corrected chi connectivity index (χ3v) is 13.6. The van der Waals surface area contributed by atoms with E-state index >= 15 is 0 Å². The van der Waals surface area contributed by atoms with Gasteiger partial charge >= 0.3 is 0 Å². The molecular weight excluding hydrogens is 933 g/mol. The quantitative estimate of drug-likeness (QED) is 0.0905. The van der Waals surface area contributed by atoms with Crippen molar-refractivity contribution in [2.24, 2.45) is 9.98 Å². The SMILES string of the molecule is C(=Nc1cc2c(OCc3ccccc3)c(c1)Cc1cccc(c1OCc1ccccc1)Cc1cc(N=Cc3ccccc3)cc(c1OCc1ccccc1)Cc1cccc(c1OCc1ccccc1)C2)c1ccccc1. The molecular formula is C70H58N2O4. The Morgan fingerprint density at radius 1 is 0.263 bits per heavy atom. The molecule has 0 radical (unpaired) electrons. The number of para-hydroxylation sites is 2. The molecule has 6 heteroatoms. The number of nitrogens with zero attached hydrogens (tertiary/aromatic N) is 2. The minimum Gasteiger partial charge on any atom is -0.488 e. The number of fused-ring (bicyclic) bond motifs is 8. The molecule has 8 bridgehead atoms. The fourth-order valence-electron chi connectivity index (χ4n) is 9.84. The fraction of sp³-hybridized carbons (Fsp3) is 0.114. The maximum absolute atomic E-state index is 7.12. The largest absolute Gasteiger partial charge is 0.488 e. The van der Waals surface area contributed by atoms with Crippen LogP contribution >= 0.6 is 0 Å². The molecule has 0 aliphatic heterocycles. The van der Waals surface area contributed by atoms with E-state index in [2.05, 4.69) is 182 Å². The number of ether oxygens (including phenoxy) is 4. The molecule has 1 aliphatic carbocycles. The van der Waals surface area contributed by atoms with Crippen LogP contribution in [0.1, 0.15) is 77.9 Å². The summed E-state index contributed by atoms with van der Waals surface area (Å²) in [5, 5.41) is 0. The molecule has 10 aromatic carbocycles. The first-order chi connectivity index (χ1) is 37.6. The van der Waals surface area contributed by atoms with E-state index in [1.54, 1.807) is 0 Å². The zero-order valence-electron chi connectivity index (χ0n) is 42.4. The highest BCUT2D eigenvalue weighted by molar-refractivity contribution is 5.83. The lowest BCUT2D eigenvalue weighted by Crippen LogP contribution is -2.09. The molecule has 0 atom stereocenters. The van der Waals surface area contributed by atoms with E-state index in [9.17, 15) is 0 Å². The van der Waals surface area contributed by atoms with Gasteiger partial charge in [-0.25, -0.2) is 0 Å². The zero-order valence-corrected chi connectivity index (χ0v) is 42.4. The zero-order chi connectivity index (χ0) is 51.1. The van der Waals surface area contributed by atoms with Crippen LogP contribution in [0.15, 0.2) is 253 Å². The van der Waals surface area contributed by atoms with Crippen LogP contribution in [0.3, 0.4) is 0 Å². The molecule has 372 valence electrons. The van der Waals surface area contributed by atoms with Gasteiger partial charge in [-0.2, -0.15) is 0 Å². The molecule has 0 saturated carbocycles. The molecule has 0 amide bonds. The van der Waals surface area contributed by atoms with E-state index in [0.29, 0.717) is 52.1 Å². The molecule has 76 heavy (non-hydrogen) atoms. The molecule has 6 nitrogen and oxygen atoms in total. The topological polar surface area (TPSA) is 61.6 Å². The first-order valence-corrected chi connectivity index (χ1v) is 26.0. The van der Waals surface area contributed by atoms with Crippen molar-refractivity contribution in [3.63, 3.8) is 0 Å². The minimum absolute atomic E-state index is 0.387. The molecule has 0 fully saturated rings. The van der Waals surface area contributed by atoms with E-state index < -0.39 is 0 Å². The molecule has 10 aromatic rings. The molecule has 0 N–H and O–H groups in total. The first-order valence-electron chi connectivity index (χ1n) is 26.0. The van der Waals surface area contributed by atoms with Crippen molar-refractivity contribution in [2.45, 2.75) is 52.1 Å². The Balaban J connectivity index is 1.13. The highest BCUT2D eigenvalue weighted by Gasteiger charge is 2.24. The number of hydrogen-bond acceptors (Lipinski definition) is 6. The summed E-state index contributed by atoms with van der Waals surface area (Å²) in [4.78, 5) is 10.3. The highest BCUT2D eigenvalue weighted by atomic mass is 16.5. The minimum atomic E-state index is 0.387. The lowest BCUT2D eigenvalue weighted by atomic mass is 9.90. The third kappa shape index (κ3) is 12.6. The second kappa shape index (κ2) is 24.2. The molecule has 11 rings (SSSR count). The van der Waals surface area contributed by atoms with Crippen LogP contribution < -0.4 is 18.9 Å². The maximum atomic E-state index is 7.12. The summed E-state index contributed by atoms with van der Waals surface area (Å²) in [6, 6.07) is 83.7. The van der Waals surface area contributed by atoms with Gasteiger partial charge in [-0.1, -0.05) is 218 Å². The smallest absolute Gasteiger partial charge is 0.127 e. The number of hydrogen-bond donors (Lipinski definition) is 0. The van der Waals surface area contributed by atoms with E-state index in [4.69, 9.17) is 28.9 Å². The normalized spacial score (nSPS) is 12.1. The number of aliphatic imine (C=N–C) groups is 2. The molecule has 0 spiro atoms. The Labute approximate surface area is 446 Å². The average molecular weight is 991 g/mol. The summed E-state index contributed by atoms with van der Waals surface area (Å²) in [7, 11) is 0. The van der Waals surface area contributed by atoms with Crippen molar-refractivity contribution in [1.82, 2.24) is 0 Å². The van der Waals surface area contributed by atoms with Crippen molar-refractivity contribution in [1.29, 1.82) is 0 Å². The second-order valence-corrected chi connectivity index (χ2v) is 19.1. The van der Waals surface area contributed by atoms with Crippen LogP contribution in [0.25, 0.3) is 0 Å². The lowest BCUT2D eigenvalue weighted by Gasteiger charge is -2.23. The van der Waals surface area contributed by atoms with Gasteiger partial charge in [0.2, 0.25) is 0 Å². The number of rotatable bonds is 16. The van der Waals surface area contributed by atoms with Crippen LogP contribution in [0.4, 0.5) is 11.4 Å². The summed E-state index contributed by atoms with van der Waals surface area (Å²) in [6.07, 6.45) is 5.90. The van der Waals surface area contributed by atoms with Crippen molar-refractivity contribution in [3.05, 3.63) is 321 Å². The van der Waals surface area contributed by atoms with Crippen molar-refractivity contribution in [2.75, 3.05) is 0 Å². The van der Waals surface area contributed by atoms with Crippen molar-refractivity contribution in [3.8, 4) is 23.0 Å². The van der Waals surface area contributed by atoms with Gasteiger partial charge in [0.1, 0.15) is 49.4 Å².